The van der Waals surface area contributed by atoms with Crippen molar-refractivity contribution in [2.45, 2.75) is 24.9 Å². The van der Waals surface area contributed by atoms with E-state index in [0.717, 1.165) is 0 Å². The number of aliphatic hydroxyl groups excluding tert-OH is 2. The van der Waals surface area contributed by atoms with Crippen LogP contribution in [0.1, 0.15) is 12.6 Å². The molecule has 0 unspecified atom stereocenters. The monoisotopic (exact) mass is 370 g/mol. The van der Waals surface area contributed by atoms with Crippen LogP contribution in [0.4, 0.5) is 0 Å². The number of aromatic nitrogens is 2. The van der Waals surface area contributed by atoms with Crippen LogP contribution >= 0.6 is 46.4 Å². The molecule has 0 radical (unpaired) electrons. The summed E-state index contributed by atoms with van der Waals surface area (Å²) in [6.07, 6.45) is -0.149. The number of fused-ring (bicyclic) bond motifs is 1. The molecule has 1 aromatic heterocycles. The topological polar surface area (TPSA) is 67.5 Å². The SMILES string of the molecule is OC[C@H]1O[C@@H](n2cnc3c(Cl)c(Cl)c(Cl)c(Cl)c32)C[C@@H]1O. The highest BCUT2D eigenvalue weighted by molar-refractivity contribution is 6.55. The highest BCUT2D eigenvalue weighted by atomic mass is 35.5. The molecule has 1 saturated heterocycles. The van der Waals surface area contributed by atoms with Gasteiger partial charge in [0, 0.05) is 6.42 Å². The van der Waals surface area contributed by atoms with Gasteiger partial charge in [0.2, 0.25) is 0 Å². The third kappa shape index (κ3) is 2.41. The van der Waals surface area contributed by atoms with Crippen molar-refractivity contribution < 1.29 is 14.9 Å². The van der Waals surface area contributed by atoms with Gasteiger partial charge in [-0.15, -0.1) is 0 Å². The van der Waals surface area contributed by atoms with E-state index >= 15 is 0 Å². The van der Waals surface area contributed by atoms with Gasteiger partial charge >= 0.3 is 0 Å². The summed E-state index contributed by atoms with van der Waals surface area (Å²) in [4.78, 5) is 4.18. The van der Waals surface area contributed by atoms with E-state index in [2.05, 4.69) is 4.98 Å². The lowest BCUT2D eigenvalue weighted by molar-refractivity contribution is -0.0430. The predicted octanol–water partition coefficient (Wildman–Crippen LogP) is 3.29. The first kappa shape index (κ1) is 15.6. The lowest BCUT2D eigenvalue weighted by Gasteiger charge is -2.15. The number of halogens is 4. The summed E-state index contributed by atoms with van der Waals surface area (Å²) in [5, 5.41) is 19.7. The van der Waals surface area contributed by atoms with Crippen molar-refractivity contribution in [2.75, 3.05) is 6.61 Å². The van der Waals surface area contributed by atoms with Crippen LogP contribution in [0.3, 0.4) is 0 Å². The number of imidazole rings is 1. The van der Waals surface area contributed by atoms with E-state index in [9.17, 15) is 5.11 Å². The van der Waals surface area contributed by atoms with Gasteiger partial charge in [-0.1, -0.05) is 46.4 Å². The third-order valence-corrected chi connectivity index (χ3v) is 5.26. The van der Waals surface area contributed by atoms with Crippen molar-refractivity contribution in [3.8, 4) is 0 Å². The van der Waals surface area contributed by atoms with Gasteiger partial charge in [0.05, 0.1) is 44.6 Å². The Kier molecular flexibility index (Phi) is 4.27. The molecule has 114 valence electrons. The average molecular weight is 372 g/mol. The number of rotatable bonds is 2. The second-order valence-electron chi connectivity index (χ2n) is 4.72. The molecule has 3 rings (SSSR count). The molecule has 2 aromatic rings. The molecule has 1 aliphatic rings. The maximum Gasteiger partial charge on any atom is 0.138 e. The fraction of sp³-hybridized carbons (Fsp3) is 0.417. The Labute approximate surface area is 139 Å². The lowest BCUT2D eigenvalue weighted by Crippen LogP contribution is -2.24. The predicted molar refractivity (Wildman–Crippen MR) is 81.4 cm³/mol. The lowest BCUT2D eigenvalue weighted by atomic mass is 10.2. The molecule has 1 aromatic carbocycles. The van der Waals surface area contributed by atoms with Gasteiger partial charge in [0.15, 0.2) is 0 Å². The van der Waals surface area contributed by atoms with Crippen LogP contribution in [-0.2, 0) is 4.74 Å². The smallest absolute Gasteiger partial charge is 0.138 e. The quantitative estimate of drug-likeness (QED) is 0.627. The number of ether oxygens (including phenoxy) is 1. The van der Waals surface area contributed by atoms with Crippen LogP contribution in [0.15, 0.2) is 6.33 Å². The first-order chi connectivity index (χ1) is 9.95. The molecule has 3 atom stereocenters. The minimum absolute atomic E-state index is 0.134. The van der Waals surface area contributed by atoms with Crippen molar-refractivity contribution in [2.24, 2.45) is 0 Å². The molecule has 0 aliphatic carbocycles. The normalized spacial score (nSPS) is 25.9. The first-order valence-corrected chi connectivity index (χ1v) is 7.59. The average Bonchev–Trinajstić information content (AvgIpc) is 3.06. The second kappa shape index (κ2) is 5.74. The molecular formula is C12H10Cl4N2O3. The molecule has 2 heterocycles. The Morgan fingerprint density at radius 3 is 2.48 bits per heavy atom. The van der Waals surface area contributed by atoms with E-state index < -0.39 is 18.4 Å². The second-order valence-corrected chi connectivity index (χ2v) is 6.23. The van der Waals surface area contributed by atoms with Gasteiger partial charge in [-0.05, 0) is 0 Å². The molecule has 9 heteroatoms. The summed E-state index contributed by atoms with van der Waals surface area (Å²) in [5.74, 6) is 0. The molecule has 0 spiro atoms. The third-order valence-electron chi connectivity index (χ3n) is 3.48. The fourth-order valence-corrected chi connectivity index (χ4v) is 3.39. The summed E-state index contributed by atoms with van der Waals surface area (Å²) >= 11 is 24.4. The molecule has 1 fully saturated rings. The van der Waals surface area contributed by atoms with E-state index in [1.165, 1.54) is 6.33 Å². The number of hydrogen-bond acceptors (Lipinski definition) is 4. The molecule has 21 heavy (non-hydrogen) atoms. The summed E-state index contributed by atoms with van der Waals surface area (Å²) < 4.78 is 7.22. The van der Waals surface area contributed by atoms with Gasteiger partial charge in [0.1, 0.15) is 17.8 Å². The van der Waals surface area contributed by atoms with Crippen molar-refractivity contribution in [1.29, 1.82) is 0 Å². The maximum atomic E-state index is 9.83. The largest absolute Gasteiger partial charge is 0.394 e. The van der Waals surface area contributed by atoms with Crippen LogP contribution < -0.4 is 0 Å². The minimum atomic E-state index is -0.769. The van der Waals surface area contributed by atoms with Gasteiger partial charge in [0.25, 0.3) is 0 Å². The minimum Gasteiger partial charge on any atom is -0.394 e. The zero-order valence-corrected chi connectivity index (χ0v) is 13.5. The van der Waals surface area contributed by atoms with Crippen molar-refractivity contribution in [1.82, 2.24) is 9.55 Å². The van der Waals surface area contributed by atoms with E-state index in [-0.39, 0.29) is 26.7 Å². The molecule has 0 bridgehead atoms. The molecule has 1 aliphatic heterocycles. The number of nitrogens with zero attached hydrogens (tertiary/aromatic N) is 2. The molecule has 5 nitrogen and oxygen atoms in total. The number of aliphatic hydroxyl groups is 2. The Bertz CT molecular complexity index is 706. The summed E-state index contributed by atoms with van der Waals surface area (Å²) in [7, 11) is 0. The Morgan fingerprint density at radius 1 is 1.19 bits per heavy atom. The van der Waals surface area contributed by atoms with Gasteiger partial charge in [-0.2, -0.15) is 0 Å². The standard InChI is InChI=1S/C12H10Cl4N2O3/c13-7-8(14)10(16)12-11(9(7)15)17-3-18(12)6-1-4(20)5(2-19)21-6/h3-6,19-20H,1-2H2/t4-,5+,6+/m0/s1. The van der Waals surface area contributed by atoms with Crippen LogP contribution in [0.5, 0.6) is 0 Å². The van der Waals surface area contributed by atoms with Crippen LogP contribution in [-0.4, -0.2) is 38.6 Å². The van der Waals surface area contributed by atoms with Crippen molar-refractivity contribution in [3.05, 3.63) is 26.4 Å². The van der Waals surface area contributed by atoms with Gasteiger partial charge in [-0.3, -0.25) is 0 Å². The number of hydrogen-bond donors (Lipinski definition) is 2. The summed E-state index contributed by atoms with van der Waals surface area (Å²) in [5.41, 5.74) is 0.883. The van der Waals surface area contributed by atoms with E-state index in [1.54, 1.807) is 4.57 Å². The van der Waals surface area contributed by atoms with E-state index in [4.69, 9.17) is 56.2 Å². The van der Waals surface area contributed by atoms with Gasteiger partial charge < -0.3 is 19.5 Å². The Balaban J connectivity index is 2.13. The molecule has 0 saturated carbocycles. The maximum absolute atomic E-state index is 9.83. The van der Waals surface area contributed by atoms with Crippen molar-refractivity contribution >= 4 is 57.4 Å². The Morgan fingerprint density at radius 2 is 1.86 bits per heavy atom. The molecular weight excluding hydrogens is 362 g/mol. The van der Waals surface area contributed by atoms with E-state index in [0.29, 0.717) is 17.5 Å². The van der Waals surface area contributed by atoms with Gasteiger partial charge in [-0.25, -0.2) is 4.98 Å². The zero-order chi connectivity index (χ0) is 15.3. The van der Waals surface area contributed by atoms with Crippen LogP contribution in [0, 0.1) is 0 Å². The fourth-order valence-electron chi connectivity index (χ4n) is 2.41. The number of benzene rings is 1. The first-order valence-electron chi connectivity index (χ1n) is 6.08. The van der Waals surface area contributed by atoms with Crippen LogP contribution in [0.25, 0.3) is 11.0 Å². The summed E-state index contributed by atoms with van der Waals surface area (Å²) in [6.45, 7) is -0.272. The zero-order valence-electron chi connectivity index (χ0n) is 10.4. The van der Waals surface area contributed by atoms with Crippen LogP contribution in [0.2, 0.25) is 20.1 Å². The Hall–Kier alpha value is -0.270. The van der Waals surface area contributed by atoms with E-state index in [1.807, 2.05) is 0 Å². The highest BCUT2D eigenvalue weighted by Gasteiger charge is 2.35. The highest BCUT2D eigenvalue weighted by Crippen LogP contribution is 2.44. The van der Waals surface area contributed by atoms with Crippen molar-refractivity contribution in [3.63, 3.8) is 0 Å². The molecule has 0 amide bonds. The summed E-state index contributed by atoms with van der Waals surface area (Å²) in [6, 6.07) is 0. The molecule has 2 N–H and O–H groups in total.